The molecule has 3 amide bonds. The summed E-state index contributed by atoms with van der Waals surface area (Å²) in [7, 11) is 0. The molecule has 2 atom stereocenters. The molecule has 20 heavy (non-hydrogen) atoms. The fourth-order valence-corrected chi connectivity index (χ4v) is 2.67. The van der Waals surface area contributed by atoms with Gasteiger partial charge < -0.3 is 0 Å². The van der Waals surface area contributed by atoms with Crippen LogP contribution in [0.1, 0.15) is 23.2 Å². The van der Waals surface area contributed by atoms with Gasteiger partial charge in [0, 0.05) is 5.56 Å². The quantitative estimate of drug-likeness (QED) is 0.650. The summed E-state index contributed by atoms with van der Waals surface area (Å²) >= 11 is 0. The minimum Gasteiger partial charge on any atom is -0.272 e. The Bertz CT molecular complexity index is 568. The molecule has 1 aliphatic carbocycles. The first-order valence-corrected chi connectivity index (χ1v) is 6.57. The van der Waals surface area contributed by atoms with Crippen LogP contribution in [0.3, 0.4) is 0 Å². The highest BCUT2D eigenvalue weighted by Crippen LogP contribution is 2.34. The van der Waals surface area contributed by atoms with Crippen LogP contribution in [0.15, 0.2) is 42.5 Å². The molecule has 0 bridgehead atoms. The maximum absolute atomic E-state index is 12.2. The normalized spacial score (nSPS) is 24.7. The zero-order valence-corrected chi connectivity index (χ0v) is 10.8. The molecular weight excluding hydrogens is 256 g/mol. The van der Waals surface area contributed by atoms with Gasteiger partial charge in [-0.2, -0.15) is 5.01 Å². The lowest BCUT2D eigenvalue weighted by atomic mass is 9.85. The van der Waals surface area contributed by atoms with Gasteiger partial charge in [-0.25, -0.2) is 0 Å². The SMILES string of the molecule is O=C(NN1C(=O)[C@@H]2CC=CC[C@H]2C1=O)c1ccccc1. The van der Waals surface area contributed by atoms with Crippen LogP contribution in [0.4, 0.5) is 0 Å². The first-order valence-electron chi connectivity index (χ1n) is 6.57. The van der Waals surface area contributed by atoms with E-state index >= 15 is 0 Å². The number of allylic oxidation sites excluding steroid dienone is 2. The second kappa shape index (κ2) is 4.92. The Balaban J connectivity index is 1.77. The van der Waals surface area contributed by atoms with E-state index in [2.05, 4.69) is 5.43 Å². The van der Waals surface area contributed by atoms with Gasteiger partial charge in [0.25, 0.3) is 17.7 Å². The van der Waals surface area contributed by atoms with Gasteiger partial charge in [-0.3, -0.25) is 19.8 Å². The van der Waals surface area contributed by atoms with Crippen LogP contribution >= 0.6 is 0 Å². The summed E-state index contributed by atoms with van der Waals surface area (Å²) in [5.74, 6) is -1.73. The number of hydrogen-bond donors (Lipinski definition) is 1. The minimum atomic E-state index is -0.445. The van der Waals surface area contributed by atoms with Crippen molar-refractivity contribution in [3.8, 4) is 0 Å². The average molecular weight is 270 g/mol. The number of nitrogens with one attached hydrogen (secondary N) is 1. The maximum Gasteiger partial charge on any atom is 0.270 e. The summed E-state index contributed by atoms with van der Waals surface area (Å²) in [6.07, 6.45) is 4.95. The molecule has 0 radical (unpaired) electrons. The van der Waals surface area contributed by atoms with Crippen LogP contribution in [0.2, 0.25) is 0 Å². The summed E-state index contributed by atoms with van der Waals surface area (Å²) in [5.41, 5.74) is 2.84. The van der Waals surface area contributed by atoms with Gasteiger partial charge in [-0.05, 0) is 25.0 Å². The number of fused-ring (bicyclic) bond motifs is 1. The minimum absolute atomic E-state index is 0.311. The highest BCUT2D eigenvalue weighted by Gasteiger charge is 2.48. The van der Waals surface area contributed by atoms with Gasteiger partial charge in [0.05, 0.1) is 11.8 Å². The summed E-state index contributed by atoms with van der Waals surface area (Å²) < 4.78 is 0. The number of carbonyl (C=O) groups is 3. The number of carbonyl (C=O) groups excluding carboxylic acids is 3. The molecule has 0 spiro atoms. The molecule has 0 unspecified atom stereocenters. The van der Waals surface area contributed by atoms with E-state index in [0.717, 1.165) is 5.01 Å². The highest BCUT2D eigenvalue weighted by molar-refractivity contribution is 6.07. The molecule has 1 N–H and O–H groups in total. The van der Waals surface area contributed by atoms with Crippen LogP contribution in [0.5, 0.6) is 0 Å². The smallest absolute Gasteiger partial charge is 0.270 e. The lowest BCUT2D eigenvalue weighted by molar-refractivity contribution is -0.142. The fourth-order valence-electron chi connectivity index (χ4n) is 2.67. The van der Waals surface area contributed by atoms with E-state index in [4.69, 9.17) is 0 Å². The summed E-state index contributed by atoms with van der Waals surface area (Å²) in [6, 6.07) is 8.52. The zero-order valence-electron chi connectivity index (χ0n) is 10.8. The van der Waals surface area contributed by atoms with Gasteiger partial charge in [-0.1, -0.05) is 30.4 Å². The number of hydrazine groups is 1. The summed E-state index contributed by atoms with van der Waals surface area (Å²) in [6.45, 7) is 0. The van der Waals surface area contributed by atoms with Crippen molar-refractivity contribution in [1.29, 1.82) is 0 Å². The van der Waals surface area contributed by atoms with E-state index in [9.17, 15) is 14.4 Å². The predicted molar refractivity (Wildman–Crippen MR) is 71.1 cm³/mol. The zero-order chi connectivity index (χ0) is 14.1. The molecule has 1 aromatic carbocycles. The number of amides is 3. The average Bonchev–Trinajstić information content (AvgIpc) is 2.74. The van der Waals surface area contributed by atoms with Crippen LogP contribution in [-0.4, -0.2) is 22.7 Å². The number of hydrogen-bond acceptors (Lipinski definition) is 3. The van der Waals surface area contributed by atoms with Crippen molar-refractivity contribution in [1.82, 2.24) is 10.4 Å². The largest absolute Gasteiger partial charge is 0.272 e. The molecule has 1 fully saturated rings. The molecule has 1 aliphatic heterocycles. The van der Waals surface area contributed by atoms with E-state index < -0.39 is 5.91 Å². The van der Waals surface area contributed by atoms with Gasteiger partial charge in [0.1, 0.15) is 0 Å². The molecule has 2 aliphatic rings. The third-order valence-electron chi connectivity index (χ3n) is 3.76. The van der Waals surface area contributed by atoms with Crippen molar-refractivity contribution in [3.63, 3.8) is 0 Å². The van der Waals surface area contributed by atoms with E-state index in [1.165, 1.54) is 0 Å². The Morgan fingerprint density at radius 3 is 2.10 bits per heavy atom. The first kappa shape index (κ1) is 12.6. The monoisotopic (exact) mass is 270 g/mol. The number of nitrogens with zero attached hydrogens (tertiary/aromatic N) is 1. The molecule has 1 heterocycles. The van der Waals surface area contributed by atoms with Gasteiger partial charge >= 0.3 is 0 Å². The molecule has 1 saturated heterocycles. The van der Waals surface area contributed by atoms with Gasteiger partial charge in [0.2, 0.25) is 0 Å². The Morgan fingerprint density at radius 1 is 1.00 bits per heavy atom. The third kappa shape index (κ3) is 2.01. The number of benzene rings is 1. The molecule has 0 aromatic heterocycles. The van der Waals surface area contributed by atoms with Crippen molar-refractivity contribution < 1.29 is 14.4 Å². The second-order valence-corrected chi connectivity index (χ2v) is 4.97. The topological polar surface area (TPSA) is 66.5 Å². The highest BCUT2D eigenvalue weighted by atomic mass is 16.2. The predicted octanol–water partition coefficient (Wildman–Crippen LogP) is 1.28. The van der Waals surface area contributed by atoms with E-state index in [1.807, 2.05) is 12.2 Å². The van der Waals surface area contributed by atoms with Crippen molar-refractivity contribution >= 4 is 17.7 Å². The standard InChI is InChI=1S/C15H14N2O3/c18-13(10-6-2-1-3-7-10)16-17-14(19)11-8-4-5-9-12(11)15(17)20/h1-7,11-12H,8-9H2,(H,16,18)/t11-,12-/m1/s1. The van der Waals surface area contributed by atoms with E-state index in [-0.39, 0.29) is 23.7 Å². The number of rotatable bonds is 2. The summed E-state index contributed by atoms with van der Waals surface area (Å²) in [4.78, 5) is 36.4. The number of imide groups is 1. The third-order valence-corrected chi connectivity index (χ3v) is 3.76. The molecular formula is C15H14N2O3. The molecule has 5 heteroatoms. The van der Waals surface area contributed by atoms with Crippen LogP contribution < -0.4 is 5.43 Å². The Morgan fingerprint density at radius 2 is 1.55 bits per heavy atom. The molecule has 3 rings (SSSR count). The second-order valence-electron chi connectivity index (χ2n) is 4.97. The first-order chi connectivity index (χ1) is 9.68. The molecule has 5 nitrogen and oxygen atoms in total. The Kier molecular flexibility index (Phi) is 3.10. The van der Waals surface area contributed by atoms with Crippen molar-refractivity contribution in [3.05, 3.63) is 48.0 Å². The van der Waals surface area contributed by atoms with Crippen molar-refractivity contribution in [2.24, 2.45) is 11.8 Å². The van der Waals surface area contributed by atoms with Crippen LogP contribution in [0, 0.1) is 11.8 Å². The van der Waals surface area contributed by atoms with Gasteiger partial charge in [0.15, 0.2) is 0 Å². The van der Waals surface area contributed by atoms with Gasteiger partial charge in [-0.15, -0.1) is 0 Å². The molecule has 102 valence electrons. The van der Waals surface area contributed by atoms with E-state index in [1.54, 1.807) is 30.3 Å². The lowest BCUT2D eigenvalue weighted by Crippen LogP contribution is -2.46. The molecule has 1 aromatic rings. The van der Waals surface area contributed by atoms with Crippen molar-refractivity contribution in [2.75, 3.05) is 0 Å². The van der Waals surface area contributed by atoms with Crippen molar-refractivity contribution in [2.45, 2.75) is 12.8 Å². The van der Waals surface area contributed by atoms with Crippen LogP contribution in [-0.2, 0) is 9.59 Å². The lowest BCUT2D eigenvalue weighted by Gasteiger charge is -2.15. The fraction of sp³-hybridized carbons (Fsp3) is 0.267. The van der Waals surface area contributed by atoms with E-state index in [0.29, 0.717) is 18.4 Å². The summed E-state index contributed by atoms with van der Waals surface area (Å²) in [5, 5.41) is 0.887. The Labute approximate surface area is 116 Å². The van der Waals surface area contributed by atoms with Crippen LogP contribution in [0.25, 0.3) is 0 Å². The molecule has 0 saturated carbocycles. The maximum atomic E-state index is 12.2. The Hall–Kier alpha value is -2.43.